The third-order valence-electron chi connectivity index (χ3n) is 3.90. The van der Waals surface area contributed by atoms with Gasteiger partial charge in [0, 0.05) is 11.3 Å². The molecule has 2 aromatic carbocycles. The topological polar surface area (TPSA) is 55.4 Å². The van der Waals surface area contributed by atoms with E-state index in [0.717, 1.165) is 0 Å². The fourth-order valence-corrected chi connectivity index (χ4v) is 5.51. The molecule has 4 nitrogen and oxygen atoms in total. The molecule has 1 saturated heterocycles. The molecule has 1 N–H and O–H groups in total. The monoisotopic (exact) mass is 387 g/mol. The molecular weight excluding hydrogens is 366 g/mol. The Morgan fingerprint density at radius 1 is 1.08 bits per heavy atom. The highest BCUT2D eigenvalue weighted by Gasteiger charge is 2.17. The van der Waals surface area contributed by atoms with Crippen molar-refractivity contribution in [3.05, 3.63) is 65.2 Å². The molecule has 26 heavy (non-hydrogen) atoms. The van der Waals surface area contributed by atoms with Gasteiger partial charge in [-0.2, -0.15) is 0 Å². The van der Waals surface area contributed by atoms with Crippen molar-refractivity contribution in [2.24, 2.45) is 0 Å². The molecule has 0 atom stereocenters. The molecule has 1 aliphatic heterocycles. The van der Waals surface area contributed by atoms with Crippen molar-refractivity contribution in [2.45, 2.75) is 17.9 Å². The van der Waals surface area contributed by atoms with E-state index < -0.39 is 5.97 Å². The number of amides is 1. The van der Waals surface area contributed by atoms with Crippen LogP contribution in [0.5, 0.6) is 0 Å². The molecule has 0 bridgehead atoms. The van der Waals surface area contributed by atoms with Gasteiger partial charge in [-0.15, -0.1) is 23.5 Å². The van der Waals surface area contributed by atoms with Gasteiger partial charge < -0.3 is 10.1 Å². The van der Waals surface area contributed by atoms with E-state index in [9.17, 15) is 9.59 Å². The molecule has 0 spiro atoms. The van der Waals surface area contributed by atoms with E-state index in [1.54, 1.807) is 31.2 Å². The van der Waals surface area contributed by atoms with Gasteiger partial charge >= 0.3 is 5.97 Å². The van der Waals surface area contributed by atoms with Gasteiger partial charge in [-0.25, -0.2) is 4.79 Å². The molecule has 0 unspecified atom stereocenters. The SMILES string of the molecule is CCOC(=O)c1cccc(NC(=O)c2ccc(C3SCCCS3)cc2)c1. The van der Waals surface area contributed by atoms with Crippen molar-refractivity contribution in [1.82, 2.24) is 0 Å². The molecule has 0 radical (unpaired) electrons. The summed E-state index contributed by atoms with van der Waals surface area (Å²) in [6.45, 7) is 2.08. The summed E-state index contributed by atoms with van der Waals surface area (Å²) < 4.78 is 5.45. The van der Waals surface area contributed by atoms with Gasteiger partial charge in [-0.1, -0.05) is 18.2 Å². The van der Waals surface area contributed by atoms with Gasteiger partial charge in [0.1, 0.15) is 0 Å². The summed E-state index contributed by atoms with van der Waals surface area (Å²) in [6, 6.07) is 14.5. The first kappa shape index (κ1) is 18.9. The highest BCUT2D eigenvalue weighted by molar-refractivity contribution is 8.16. The molecule has 3 rings (SSSR count). The largest absolute Gasteiger partial charge is 0.462 e. The standard InChI is InChI=1S/C20H21NO3S2/c1-2-24-19(23)16-5-3-6-17(13-16)21-18(22)14-7-9-15(10-8-14)20-25-11-4-12-26-20/h3,5-10,13,20H,2,4,11-12H2,1H3,(H,21,22). The Kier molecular flexibility index (Phi) is 6.63. The van der Waals surface area contributed by atoms with Crippen molar-refractivity contribution in [1.29, 1.82) is 0 Å². The smallest absolute Gasteiger partial charge is 0.338 e. The lowest BCUT2D eigenvalue weighted by Crippen LogP contribution is -2.13. The van der Waals surface area contributed by atoms with Gasteiger partial charge in [-0.3, -0.25) is 4.79 Å². The molecule has 1 heterocycles. The molecule has 6 heteroatoms. The number of carbonyl (C=O) groups excluding carboxylic acids is 2. The lowest BCUT2D eigenvalue weighted by molar-refractivity contribution is 0.0526. The highest BCUT2D eigenvalue weighted by Crippen LogP contribution is 2.43. The number of nitrogens with one attached hydrogen (secondary N) is 1. The molecule has 0 saturated carbocycles. The van der Waals surface area contributed by atoms with Crippen molar-refractivity contribution >= 4 is 41.1 Å². The van der Waals surface area contributed by atoms with E-state index in [1.807, 2.05) is 47.8 Å². The van der Waals surface area contributed by atoms with E-state index >= 15 is 0 Å². The van der Waals surface area contributed by atoms with Crippen LogP contribution in [0.4, 0.5) is 5.69 Å². The second-order valence-electron chi connectivity index (χ2n) is 5.80. The summed E-state index contributed by atoms with van der Waals surface area (Å²) in [5.41, 5.74) is 2.84. The Bertz CT molecular complexity index is 771. The van der Waals surface area contributed by atoms with Crippen LogP contribution in [0.15, 0.2) is 48.5 Å². The number of hydrogen-bond donors (Lipinski definition) is 1. The minimum absolute atomic E-state index is 0.193. The average molecular weight is 388 g/mol. The molecule has 136 valence electrons. The summed E-state index contributed by atoms with van der Waals surface area (Å²) in [5, 5.41) is 2.84. The third kappa shape index (κ3) is 4.83. The summed E-state index contributed by atoms with van der Waals surface area (Å²) in [5.74, 6) is 1.80. The minimum atomic E-state index is -0.393. The van der Waals surface area contributed by atoms with E-state index in [2.05, 4.69) is 5.32 Å². The van der Waals surface area contributed by atoms with Crippen molar-refractivity contribution in [2.75, 3.05) is 23.4 Å². The van der Waals surface area contributed by atoms with Gasteiger partial charge in [0.15, 0.2) is 0 Å². The quantitative estimate of drug-likeness (QED) is 0.733. The Hall–Kier alpha value is -1.92. The molecule has 1 aliphatic rings. The number of rotatable bonds is 5. The van der Waals surface area contributed by atoms with E-state index in [1.165, 1.54) is 23.5 Å². The number of carbonyl (C=O) groups is 2. The molecule has 2 aromatic rings. The number of anilines is 1. The predicted octanol–water partition coefficient (Wildman–Crippen LogP) is 4.98. The van der Waals surface area contributed by atoms with Crippen molar-refractivity contribution < 1.29 is 14.3 Å². The van der Waals surface area contributed by atoms with Crippen LogP contribution >= 0.6 is 23.5 Å². The van der Waals surface area contributed by atoms with Crippen LogP contribution in [-0.4, -0.2) is 30.0 Å². The number of esters is 1. The van der Waals surface area contributed by atoms with Crippen LogP contribution in [0.25, 0.3) is 0 Å². The first-order valence-electron chi connectivity index (χ1n) is 8.59. The summed E-state index contributed by atoms with van der Waals surface area (Å²) >= 11 is 3.92. The van der Waals surface area contributed by atoms with Crippen LogP contribution in [-0.2, 0) is 4.74 Å². The van der Waals surface area contributed by atoms with Gasteiger partial charge in [-0.05, 0) is 60.7 Å². The van der Waals surface area contributed by atoms with Crippen LogP contribution < -0.4 is 5.32 Å². The van der Waals surface area contributed by atoms with E-state index in [-0.39, 0.29) is 5.91 Å². The van der Waals surface area contributed by atoms with Crippen LogP contribution in [0.2, 0.25) is 0 Å². The Balaban J connectivity index is 1.66. The van der Waals surface area contributed by atoms with Gasteiger partial charge in [0.25, 0.3) is 5.91 Å². The summed E-state index contributed by atoms with van der Waals surface area (Å²) in [7, 11) is 0. The summed E-state index contributed by atoms with van der Waals surface area (Å²) in [6.07, 6.45) is 1.26. The molecule has 0 aromatic heterocycles. The van der Waals surface area contributed by atoms with Crippen LogP contribution in [0, 0.1) is 0 Å². The van der Waals surface area contributed by atoms with Gasteiger partial charge in [0.05, 0.1) is 16.8 Å². The molecule has 1 amide bonds. The fraction of sp³-hybridized carbons (Fsp3) is 0.300. The maximum Gasteiger partial charge on any atom is 0.338 e. The minimum Gasteiger partial charge on any atom is -0.462 e. The number of thioether (sulfide) groups is 2. The lowest BCUT2D eigenvalue weighted by Gasteiger charge is -2.21. The zero-order valence-corrected chi connectivity index (χ0v) is 16.2. The number of ether oxygens (including phenoxy) is 1. The second kappa shape index (κ2) is 9.14. The normalized spacial score (nSPS) is 14.7. The second-order valence-corrected chi connectivity index (χ2v) is 8.53. The molecule has 0 aliphatic carbocycles. The Morgan fingerprint density at radius 2 is 1.81 bits per heavy atom. The van der Waals surface area contributed by atoms with E-state index in [0.29, 0.717) is 28.0 Å². The maximum absolute atomic E-state index is 12.5. The Labute approximate surface area is 162 Å². The zero-order valence-electron chi connectivity index (χ0n) is 14.6. The van der Waals surface area contributed by atoms with E-state index in [4.69, 9.17) is 4.74 Å². The fourth-order valence-electron chi connectivity index (χ4n) is 2.61. The van der Waals surface area contributed by atoms with Crippen LogP contribution in [0.3, 0.4) is 0 Å². The van der Waals surface area contributed by atoms with Gasteiger partial charge in [0.2, 0.25) is 0 Å². The third-order valence-corrected chi connectivity index (χ3v) is 6.92. The van der Waals surface area contributed by atoms with Crippen molar-refractivity contribution in [3.8, 4) is 0 Å². The predicted molar refractivity (Wildman–Crippen MR) is 109 cm³/mol. The van der Waals surface area contributed by atoms with Crippen molar-refractivity contribution in [3.63, 3.8) is 0 Å². The first-order chi connectivity index (χ1) is 12.7. The number of benzene rings is 2. The first-order valence-corrected chi connectivity index (χ1v) is 10.7. The Morgan fingerprint density at radius 3 is 2.50 bits per heavy atom. The molecular formula is C20H21NO3S2. The lowest BCUT2D eigenvalue weighted by atomic mass is 10.1. The van der Waals surface area contributed by atoms with Crippen LogP contribution in [0.1, 0.15) is 44.2 Å². The maximum atomic E-state index is 12.5. The number of hydrogen-bond acceptors (Lipinski definition) is 5. The highest BCUT2D eigenvalue weighted by atomic mass is 32.2. The average Bonchev–Trinajstić information content (AvgIpc) is 2.69. The molecule has 1 fully saturated rings. The zero-order chi connectivity index (χ0) is 18.4. The summed E-state index contributed by atoms with van der Waals surface area (Å²) in [4.78, 5) is 24.3.